The second-order valence-corrected chi connectivity index (χ2v) is 3.16. The lowest BCUT2D eigenvalue weighted by Gasteiger charge is -2.11. The molecule has 6 heteroatoms. The average Bonchev–Trinajstić information content (AvgIpc) is 2.16. The number of anilines is 2. The largest absolute Gasteiger partial charge is 0.370 e. The van der Waals surface area contributed by atoms with Crippen molar-refractivity contribution in [2.75, 3.05) is 17.2 Å². The van der Waals surface area contributed by atoms with E-state index in [2.05, 4.69) is 15.6 Å². The van der Waals surface area contributed by atoms with Gasteiger partial charge < -0.3 is 16.4 Å². The molecule has 1 aromatic rings. The Morgan fingerprint density at radius 3 is 2.69 bits per heavy atom. The zero-order valence-electron chi connectivity index (χ0n) is 9.20. The number of carbonyl (C=O) groups excluding carboxylic acids is 2. The van der Waals surface area contributed by atoms with Gasteiger partial charge in [-0.05, 0) is 13.0 Å². The zero-order valence-corrected chi connectivity index (χ0v) is 9.20. The summed E-state index contributed by atoms with van der Waals surface area (Å²) in [5.41, 5.74) is 5.81. The molecular formula is C10H14N4O2. The van der Waals surface area contributed by atoms with E-state index in [9.17, 15) is 9.59 Å². The lowest BCUT2D eigenvalue weighted by atomic mass is 10.2. The van der Waals surface area contributed by atoms with E-state index < -0.39 is 5.91 Å². The first kappa shape index (κ1) is 12.0. The second-order valence-electron chi connectivity index (χ2n) is 3.16. The minimum absolute atomic E-state index is 0.194. The first-order valence-corrected chi connectivity index (χ1v) is 4.86. The predicted molar refractivity (Wildman–Crippen MR) is 61.2 cm³/mol. The van der Waals surface area contributed by atoms with Crippen LogP contribution in [0.15, 0.2) is 12.3 Å². The summed E-state index contributed by atoms with van der Waals surface area (Å²) in [5, 5.41) is 5.44. The monoisotopic (exact) mass is 222 g/mol. The van der Waals surface area contributed by atoms with Crippen molar-refractivity contribution in [3.8, 4) is 0 Å². The molecule has 2 amide bonds. The van der Waals surface area contributed by atoms with Crippen molar-refractivity contribution >= 4 is 23.3 Å². The molecule has 0 aromatic carbocycles. The third kappa shape index (κ3) is 2.69. The van der Waals surface area contributed by atoms with Crippen LogP contribution in [0.25, 0.3) is 0 Å². The van der Waals surface area contributed by atoms with E-state index in [4.69, 9.17) is 5.73 Å². The number of pyridine rings is 1. The molecule has 86 valence electrons. The summed E-state index contributed by atoms with van der Waals surface area (Å²) in [5.74, 6) is -0.523. The minimum atomic E-state index is -0.632. The molecule has 0 aliphatic rings. The fraction of sp³-hybridized carbons (Fsp3) is 0.300. The molecule has 0 fully saturated rings. The zero-order chi connectivity index (χ0) is 12.1. The number of nitrogens with zero attached hydrogens (tertiary/aromatic N) is 1. The molecule has 0 radical (unpaired) electrons. The molecule has 4 N–H and O–H groups in total. The second kappa shape index (κ2) is 5.11. The van der Waals surface area contributed by atoms with Crippen molar-refractivity contribution in [2.45, 2.75) is 13.8 Å². The summed E-state index contributed by atoms with van der Waals surface area (Å²) in [6.45, 7) is 3.84. The molecule has 6 nitrogen and oxygen atoms in total. The van der Waals surface area contributed by atoms with Crippen molar-refractivity contribution < 1.29 is 9.59 Å². The summed E-state index contributed by atoms with van der Waals surface area (Å²) in [4.78, 5) is 26.2. The van der Waals surface area contributed by atoms with Crippen molar-refractivity contribution in [3.63, 3.8) is 0 Å². The fourth-order valence-corrected chi connectivity index (χ4v) is 1.31. The van der Waals surface area contributed by atoms with E-state index >= 15 is 0 Å². The molecule has 0 atom stereocenters. The molecule has 0 saturated heterocycles. The molecule has 0 aliphatic heterocycles. The van der Waals surface area contributed by atoms with Gasteiger partial charge in [-0.2, -0.15) is 0 Å². The van der Waals surface area contributed by atoms with Crippen LogP contribution < -0.4 is 16.4 Å². The van der Waals surface area contributed by atoms with Crippen molar-refractivity contribution in [1.82, 2.24) is 4.98 Å². The Bertz CT molecular complexity index is 417. The quantitative estimate of drug-likeness (QED) is 0.693. The highest BCUT2D eigenvalue weighted by atomic mass is 16.2. The van der Waals surface area contributed by atoms with Gasteiger partial charge in [-0.1, -0.05) is 0 Å². The van der Waals surface area contributed by atoms with Gasteiger partial charge >= 0.3 is 0 Å². The Morgan fingerprint density at radius 2 is 2.19 bits per heavy atom. The number of hydrogen-bond donors (Lipinski definition) is 3. The number of carbonyl (C=O) groups is 2. The summed E-state index contributed by atoms with van der Waals surface area (Å²) >= 11 is 0. The van der Waals surface area contributed by atoms with Crippen LogP contribution in [0, 0.1) is 0 Å². The SMILES string of the molecule is CCNc1nccc(NC(C)=O)c1C(N)=O. The smallest absolute Gasteiger partial charge is 0.254 e. The fourth-order valence-electron chi connectivity index (χ4n) is 1.31. The molecule has 16 heavy (non-hydrogen) atoms. The van der Waals surface area contributed by atoms with Crippen LogP contribution in [0.1, 0.15) is 24.2 Å². The Labute approximate surface area is 93.2 Å². The van der Waals surface area contributed by atoms with Crippen LogP contribution in [0.5, 0.6) is 0 Å². The maximum Gasteiger partial charge on any atom is 0.254 e. The lowest BCUT2D eigenvalue weighted by Crippen LogP contribution is -2.19. The maximum atomic E-state index is 11.3. The number of rotatable bonds is 4. The number of nitrogens with one attached hydrogen (secondary N) is 2. The number of nitrogens with two attached hydrogens (primary N) is 1. The Hall–Kier alpha value is -2.11. The van der Waals surface area contributed by atoms with Crippen molar-refractivity contribution in [3.05, 3.63) is 17.8 Å². The van der Waals surface area contributed by atoms with E-state index in [0.29, 0.717) is 18.1 Å². The number of aromatic nitrogens is 1. The Balaban J connectivity index is 3.21. The van der Waals surface area contributed by atoms with Crippen LogP contribution in [-0.2, 0) is 4.79 Å². The molecule has 0 bridgehead atoms. The molecule has 0 saturated carbocycles. The van der Waals surface area contributed by atoms with E-state index in [1.54, 1.807) is 0 Å². The summed E-state index contributed by atoms with van der Waals surface area (Å²) in [6, 6.07) is 1.53. The summed E-state index contributed by atoms with van der Waals surface area (Å²) in [6.07, 6.45) is 1.50. The number of hydrogen-bond acceptors (Lipinski definition) is 4. The maximum absolute atomic E-state index is 11.3. The number of primary amides is 1. The molecule has 0 unspecified atom stereocenters. The predicted octanol–water partition coefficient (Wildman–Crippen LogP) is 0.571. The summed E-state index contributed by atoms with van der Waals surface area (Å²) < 4.78 is 0. The van der Waals surface area contributed by atoms with Crippen LogP contribution in [0.3, 0.4) is 0 Å². The first-order valence-electron chi connectivity index (χ1n) is 4.86. The molecule has 1 rings (SSSR count). The van der Waals surface area contributed by atoms with Gasteiger partial charge in [0.05, 0.1) is 5.69 Å². The lowest BCUT2D eigenvalue weighted by molar-refractivity contribution is -0.114. The highest BCUT2D eigenvalue weighted by Crippen LogP contribution is 2.21. The minimum Gasteiger partial charge on any atom is -0.370 e. The van der Waals surface area contributed by atoms with Gasteiger partial charge in [-0.25, -0.2) is 4.98 Å². The van der Waals surface area contributed by atoms with Crippen LogP contribution in [0.2, 0.25) is 0 Å². The van der Waals surface area contributed by atoms with Gasteiger partial charge in [0.15, 0.2) is 0 Å². The van der Waals surface area contributed by atoms with E-state index in [0.717, 1.165) is 0 Å². The third-order valence-corrected chi connectivity index (χ3v) is 1.85. The van der Waals surface area contributed by atoms with Crippen LogP contribution >= 0.6 is 0 Å². The summed E-state index contributed by atoms with van der Waals surface area (Å²) in [7, 11) is 0. The van der Waals surface area contributed by atoms with Crippen molar-refractivity contribution in [1.29, 1.82) is 0 Å². The molecule has 0 aliphatic carbocycles. The van der Waals surface area contributed by atoms with Gasteiger partial charge in [0.2, 0.25) is 5.91 Å². The van der Waals surface area contributed by atoms with E-state index in [1.807, 2.05) is 6.92 Å². The molecule has 1 heterocycles. The Kier molecular flexibility index (Phi) is 3.82. The van der Waals surface area contributed by atoms with Crippen LogP contribution in [0.4, 0.5) is 11.5 Å². The van der Waals surface area contributed by atoms with Crippen molar-refractivity contribution in [2.24, 2.45) is 5.73 Å². The van der Waals surface area contributed by atoms with E-state index in [-0.39, 0.29) is 11.5 Å². The van der Waals surface area contributed by atoms with Gasteiger partial charge in [0.1, 0.15) is 11.4 Å². The topological polar surface area (TPSA) is 97.1 Å². The van der Waals surface area contributed by atoms with E-state index in [1.165, 1.54) is 19.2 Å². The number of amides is 2. The van der Waals surface area contributed by atoms with Gasteiger partial charge in [0.25, 0.3) is 5.91 Å². The highest BCUT2D eigenvalue weighted by Gasteiger charge is 2.15. The molecule has 0 spiro atoms. The average molecular weight is 222 g/mol. The molecular weight excluding hydrogens is 208 g/mol. The van der Waals surface area contributed by atoms with Crippen LogP contribution in [-0.4, -0.2) is 23.3 Å². The van der Waals surface area contributed by atoms with Gasteiger partial charge in [0, 0.05) is 19.7 Å². The van der Waals surface area contributed by atoms with Gasteiger partial charge in [-0.3, -0.25) is 9.59 Å². The normalized spacial score (nSPS) is 9.62. The first-order chi connectivity index (χ1) is 7.56. The highest BCUT2D eigenvalue weighted by molar-refractivity contribution is 6.06. The van der Waals surface area contributed by atoms with Gasteiger partial charge in [-0.15, -0.1) is 0 Å². The third-order valence-electron chi connectivity index (χ3n) is 1.85. The Morgan fingerprint density at radius 1 is 1.50 bits per heavy atom. The molecule has 1 aromatic heterocycles. The standard InChI is InChI=1S/C10H14N4O2/c1-3-12-10-8(9(11)16)7(4-5-13-10)14-6(2)15/h4-5H,3H2,1-2H3,(H2,11,16)(H2,12,13,14,15).